The number of urea groups is 1. The SMILES string of the molecule is NC(=O)c1ncc(-c2cccc(NC(=O)N3Cc4ccc(F)cc4C3)c2F)c2c1Cc1cc(N3CCOCC3)ccc1-2. The van der Waals surface area contributed by atoms with E-state index in [1.807, 2.05) is 12.1 Å². The molecule has 0 unspecified atom stereocenters. The number of hydrogen-bond donors (Lipinski definition) is 2. The molecule has 4 aromatic rings. The van der Waals surface area contributed by atoms with Gasteiger partial charge in [-0.05, 0) is 63.7 Å². The molecule has 10 heteroatoms. The van der Waals surface area contributed by atoms with Crippen molar-refractivity contribution in [2.24, 2.45) is 5.73 Å². The Labute approximate surface area is 240 Å². The number of nitrogens with zero attached hydrogens (tertiary/aromatic N) is 3. The van der Waals surface area contributed by atoms with E-state index in [9.17, 15) is 14.0 Å². The summed E-state index contributed by atoms with van der Waals surface area (Å²) in [6.07, 6.45) is 1.91. The second-order valence-electron chi connectivity index (χ2n) is 10.7. The highest BCUT2D eigenvalue weighted by molar-refractivity contribution is 6.00. The van der Waals surface area contributed by atoms with Crippen molar-refractivity contribution in [2.45, 2.75) is 19.5 Å². The number of morpholine rings is 1. The minimum Gasteiger partial charge on any atom is -0.378 e. The number of rotatable bonds is 4. The summed E-state index contributed by atoms with van der Waals surface area (Å²) < 4.78 is 35.2. The van der Waals surface area contributed by atoms with Crippen LogP contribution in [0.5, 0.6) is 0 Å². The average Bonchev–Trinajstić information content (AvgIpc) is 3.59. The molecule has 42 heavy (non-hydrogen) atoms. The van der Waals surface area contributed by atoms with Crippen LogP contribution in [0.4, 0.5) is 25.0 Å². The van der Waals surface area contributed by atoms with Crippen molar-refractivity contribution < 1.29 is 23.1 Å². The number of fused-ring (bicyclic) bond motifs is 4. The maximum Gasteiger partial charge on any atom is 0.322 e. The topological polar surface area (TPSA) is 101 Å². The molecule has 3 heterocycles. The van der Waals surface area contributed by atoms with Gasteiger partial charge in [-0.15, -0.1) is 0 Å². The molecule has 3 amide bonds. The highest BCUT2D eigenvalue weighted by atomic mass is 19.1. The van der Waals surface area contributed by atoms with E-state index in [-0.39, 0.29) is 29.3 Å². The van der Waals surface area contributed by atoms with Gasteiger partial charge in [-0.25, -0.2) is 13.6 Å². The summed E-state index contributed by atoms with van der Waals surface area (Å²) in [6, 6.07) is 14.8. The van der Waals surface area contributed by atoms with Crippen molar-refractivity contribution in [2.75, 3.05) is 36.5 Å². The van der Waals surface area contributed by atoms with E-state index in [2.05, 4.69) is 21.3 Å². The van der Waals surface area contributed by atoms with Gasteiger partial charge in [-0.3, -0.25) is 9.78 Å². The molecule has 0 spiro atoms. The molecule has 0 bridgehead atoms. The van der Waals surface area contributed by atoms with Gasteiger partial charge < -0.3 is 25.6 Å². The van der Waals surface area contributed by atoms with Crippen molar-refractivity contribution in [3.8, 4) is 22.3 Å². The summed E-state index contributed by atoms with van der Waals surface area (Å²) in [6.45, 7) is 3.43. The van der Waals surface area contributed by atoms with Crippen LogP contribution in [0.3, 0.4) is 0 Å². The van der Waals surface area contributed by atoms with Crippen LogP contribution in [0.15, 0.2) is 60.8 Å². The number of nitrogens with one attached hydrogen (secondary N) is 1. The van der Waals surface area contributed by atoms with Gasteiger partial charge in [0.2, 0.25) is 0 Å². The molecule has 0 radical (unpaired) electrons. The minimum absolute atomic E-state index is 0.00764. The maximum atomic E-state index is 16.1. The standard InChI is InChI=1S/C32H27F2N5O3/c33-21-5-4-18-16-39(17-20(18)12-21)32(41)37-27-3-1-2-24(29(27)34)26-15-36-30(31(35)40)25-14-19-13-22(6-7-23(19)28(25)26)38-8-10-42-11-9-38/h1-7,12-13,15H,8-11,14,16-17H2,(H2,35,40)(H,37,41). The van der Waals surface area contributed by atoms with Crippen molar-refractivity contribution in [3.63, 3.8) is 0 Å². The normalized spacial score (nSPS) is 15.3. The first-order valence-electron chi connectivity index (χ1n) is 13.8. The van der Waals surface area contributed by atoms with E-state index in [1.165, 1.54) is 29.3 Å². The Hall–Kier alpha value is -4.83. The van der Waals surface area contributed by atoms with Crippen LogP contribution < -0.4 is 16.0 Å². The third-order valence-corrected chi connectivity index (χ3v) is 8.22. The highest BCUT2D eigenvalue weighted by Gasteiger charge is 2.30. The van der Waals surface area contributed by atoms with Crippen molar-refractivity contribution in [3.05, 3.63) is 100 Å². The summed E-state index contributed by atoms with van der Waals surface area (Å²) in [5.41, 5.74) is 12.5. The maximum absolute atomic E-state index is 16.1. The number of pyridine rings is 1. The molecule has 0 saturated carbocycles. The minimum atomic E-state index is -0.646. The summed E-state index contributed by atoms with van der Waals surface area (Å²) in [5, 5.41) is 2.68. The van der Waals surface area contributed by atoms with Crippen LogP contribution in [0.1, 0.15) is 32.7 Å². The summed E-state index contributed by atoms with van der Waals surface area (Å²) >= 11 is 0. The van der Waals surface area contributed by atoms with Crippen LogP contribution in [0.2, 0.25) is 0 Å². The van der Waals surface area contributed by atoms with Crippen LogP contribution in [-0.2, 0) is 24.2 Å². The quantitative estimate of drug-likeness (QED) is 0.316. The second-order valence-corrected chi connectivity index (χ2v) is 10.7. The Kier molecular flexibility index (Phi) is 6.35. The van der Waals surface area contributed by atoms with Crippen molar-refractivity contribution in [1.82, 2.24) is 9.88 Å². The zero-order chi connectivity index (χ0) is 29.0. The molecular weight excluding hydrogens is 540 g/mol. The molecular formula is C32H27F2N5O3. The smallest absolute Gasteiger partial charge is 0.322 e. The Morgan fingerprint density at radius 1 is 0.905 bits per heavy atom. The van der Waals surface area contributed by atoms with Gasteiger partial charge in [0.1, 0.15) is 11.5 Å². The Morgan fingerprint density at radius 3 is 2.52 bits per heavy atom. The van der Waals surface area contributed by atoms with Crippen LogP contribution in [-0.4, -0.2) is 48.1 Å². The largest absolute Gasteiger partial charge is 0.378 e. The Morgan fingerprint density at radius 2 is 1.71 bits per heavy atom. The first kappa shape index (κ1) is 26.1. The van der Waals surface area contributed by atoms with Crippen LogP contribution in [0, 0.1) is 11.6 Å². The zero-order valence-electron chi connectivity index (χ0n) is 22.6. The van der Waals surface area contributed by atoms with Gasteiger partial charge in [-0.2, -0.15) is 0 Å². The molecule has 2 aliphatic heterocycles. The number of aromatic nitrogens is 1. The Bertz CT molecular complexity index is 1770. The summed E-state index contributed by atoms with van der Waals surface area (Å²) in [4.78, 5) is 33.5. The van der Waals surface area contributed by atoms with E-state index < -0.39 is 17.8 Å². The van der Waals surface area contributed by atoms with E-state index in [0.29, 0.717) is 42.9 Å². The highest BCUT2D eigenvalue weighted by Crippen LogP contribution is 2.46. The molecule has 0 atom stereocenters. The number of hydrogen-bond acceptors (Lipinski definition) is 5. The number of nitrogens with two attached hydrogens (primary N) is 1. The average molecular weight is 568 g/mol. The number of carbonyl (C=O) groups is 2. The first-order chi connectivity index (χ1) is 20.4. The lowest BCUT2D eigenvalue weighted by Gasteiger charge is -2.29. The monoisotopic (exact) mass is 567 g/mol. The zero-order valence-corrected chi connectivity index (χ0v) is 22.6. The third kappa shape index (κ3) is 4.44. The molecule has 212 valence electrons. The first-order valence-corrected chi connectivity index (χ1v) is 13.8. The second kappa shape index (κ2) is 10.2. The van der Waals surface area contributed by atoms with Gasteiger partial charge in [0.05, 0.1) is 18.9 Å². The lowest BCUT2D eigenvalue weighted by Crippen LogP contribution is -2.36. The number of halogens is 2. The molecule has 7 rings (SSSR count). The van der Waals surface area contributed by atoms with Gasteiger partial charge in [0.25, 0.3) is 5.91 Å². The molecule has 3 aliphatic rings. The Balaban J connectivity index is 1.23. The van der Waals surface area contributed by atoms with Crippen molar-refractivity contribution >= 4 is 23.3 Å². The number of ether oxygens (including phenoxy) is 1. The number of anilines is 2. The fraction of sp³-hybridized carbons (Fsp3) is 0.219. The predicted molar refractivity (Wildman–Crippen MR) is 154 cm³/mol. The van der Waals surface area contributed by atoms with E-state index in [4.69, 9.17) is 10.5 Å². The molecule has 8 nitrogen and oxygen atoms in total. The predicted octanol–water partition coefficient (Wildman–Crippen LogP) is 5.08. The third-order valence-electron chi connectivity index (χ3n) is 8.22. The summed E-state index contributed by atoms with van der Waals surface area (Å²) in [5.74, 6) is -1.63. The molecule has 1 fully saturated rings. The van der Waals surface area contributed by atoms with E-state index in [1.54, 1.807) is 18.2 Å². The van der Waals surface area contributed by atoms with Crippen LogP contribution in [0.25, 0.3) is 22.3 Å². The lowest BCUT2D eigenvalue weighted by molar-refractivity contribution is 0.0995. The fourth-order valence-corrected chi connectivity index (χ4v) is 6.17. The molecule has 1 aliphatic carbocycles. The summed E-state index contributed by atoms with van der Waals surface area (Å²) in [7, 11) is 0. The van der Waals surface area contributed by atoms with E-state index >= 15 is 4.39 Å². The van der Waals surface area contributed by atoms with E-state index in [0.717, 1.165) is 41.0 Å². The van der Waals surface area contributed by atoms with Gasteiger partial charge >= 0.3 is 6.03 Å². The molecule has 3 aromatic carbocycles. The molecule has 1 aromatic heterocycles. The fourth-order valence-electron chi connectivity index (χ4n) is 6.17. The number of benzene rings is 3. The lowest BCUT2D eigenvalue weighted by atomic mass is 9.94. The molecule has 1 saturated heterocycles. The van der Waals surface area contributed by atoms with Gasteiger partial charge in [0, 0.05) is 55.6 Å². The number of primary amides is 1. The van der Waals surface area contributed by atoms with Gasteiger partial charge in [-0.1, -0.05) is 24.3 Å². The number of carbonyl (C=O) groups excluding carboxylic acids is 2. The van der Waals surface area contributed by atoms with Crippen LogP contribution >= 0.6 is 0 Å². The van der Waals surface area contributed by atoms with Crippen molar-refractivity contribution in [1.29, 1.82) is 0 Å². The number of amides is 3. The van der Waals surface area contributed by atoms with Gasteiger partial charge in [0.15, 0.2) is 5.82 Å². The molecule has 3 N–H and O–H groups in total.